The molecular weight excluding hydrogens is 386 g/mol. The summed E-state index contributed by atoms with van der Waals surface area (Å²) in [5.41, 5.74) is 2.58. The van der Waals surface area contributed by atoms with Crippen LogP contribution < -0.4 is 10.6 Å². The van der Waals surface area contributed by atoms with Gasteiger partial charge < -0.3 is 25.2 Å². The predicted molar refractivity (Wildman–Crippen MR) is 130 cm³/mol. The second kappa shape index (κ2) is 13.0. The summed E-state index contributed by atoms with van der Waals surface area (Å²) < 4.78 is 6.17. The molecule has 0 saturated carbocycles. The Morgan fingerprint density at radius 3 is 2.74 bits per heavy atom. The lowest BCUT2D eigenvalue weighted by Gasteiger charge is -2.31. The molecule has 2 N–H and O–H groups in total. The fourth-order valence-electron chi connectivity index (χ4n) is 4.54. The number of nitrogens with zero attached hydrogens (tertiary/aromatic N) is 3. The van der Waals surface area contributed by atoms with Crippen molar-refractivity contribution in [3.05, 3.63) is 35.4 Å². The van der Waals surface area contributed by atoms with Gasteiger partial charge in [0.15, 0.2) is 5.96 Å². The van der Waals surface area contributed by atoms with Crippen molar-refractivity contribution in [2.75, 3.05) is 66.0 Å². The number of benzene rings is 1. The maximum atomic E-state index is 6.17. The van der Waals surface area contributed by atoms with Gasteiger partial charge in [-0.05, 0) is 71.8 Å². The molecule has 2 saturated heterocycles. The van der Waals surface area contributed by atoms with Gasteiger partial charge in [0, 0.05) is 45.2 Å². The van der Waals surface area contributed by atoms with E-state index in [9.17, 15) is 0 Å². The van der Waals surface area contributed by atoms with E-state index in [1.54, 1.807) is 0 Å². The average molecular weight is 430 g/mol. The molecule has 2 heterocycles. The zero-order valence-corrected chi connectivity index (χ0v) is 19.9. The molecule has 0 amide bonds. The molecule has 2 aliphatic heterocycles. The van der Waals surface area contributed by atoms with Crippen LogP contribution in [0.5, 0.6) is 0 Å². The molecule has 0 spiro atoms. The van der Waals surface area contributed by atoms with Crippen molar-refractivity contribution in [1.82, 2.24) is 20.4 Å². The first-order chi connectivity index (χ1) is 15.2. The highest BCUT2D eigenvalue weighted by molar-refractivity contribution is 5.79. The minimum absolute atomic E-state index is 0.155. The summed E-state index contributed by atoms with van der Waals surface area (Å²) in [5.74, 6) is 1.37. The van der Waals surface area contributed by atoms with Crippen LogP contribution >= 0.6 is 0 Å². The van der Waals surface area contributed by atoms with E-state index in [1.165, 1.54) is 50.1 Å². The van der Waals surface area contributed by atoms with E-state index in [0.717, 1.165) is 51.6 Å². The normalized spacial score (nSPS) is 24.0. The molecule has 1 aromatic rings. The molecule has 6 nitrogen and oxygen atoms in total. The Morgan fingerprint density at radius 2 is 1.94 bits per heavy atom. The Kier molecular flexibility index (Phi) is 10.1. The first kappa shape index (κ1) is 24.0. The lowest BCUT2D eigenvalue weighted by Crippen LogP contribution is -2.39. The number of hydrogen-bond donors (Lipinski definition) is 2. The maximum Gasteiger partial charge on any atom is 0.191 e. The summed E-state index contributed by atoms with van der Waals surface area (Å²) in [5, 5.41) is 6.96. The van der Waals surface area contributed by atoms with Crippen LogP contribution in [0.1, 0.15) is 49.8 Å². The van der Waals surface area contributed by atoms with Gasteiger partial charge in [0.05, 0.1) is 6.10 Å². The van der Waals surface area contributed by atoms with Crippen molar-refractivity contribution in [3.8, 4) is 0 Å². The SMILES string of the molecule is CCNC(=NCC1CCCOC1c1ccc(C)cc1)NCCCN1CCCN(C)CC1. The lowest BCUT2D eigenvalue weighted by atomic mass is 9.89. The van der Waals surface area contributed by atoms with Crippen molar-refractivity contribution in [2.45, 2.75) is 45.6 Å². The highest BCUT2D eigenvalue weighted by Gasteiger charge is 2.27. The van der Waals surface area contributed by atoms with Gasteiger partial charge in [-0.1, -0.05) is 29.8 Å². The number of hydrogen-bond acceptors (Lipinski definition) is 4. The van der Waals surface area contributed by atoms with Crippen molar-refractivity contribution >= 4 is 5.96 Å². The highest BCUT2D eigenvalue weighted by atomic mass is 16.5. The van der Waals surface area contributed by atoms with Crippen LogP contribution in [-0.4, -0.2) is 81.8 Å². The molecule has 0 aromatic heterocycles. The van der Waals surface area contributed by atoms with E-state index in [-0.39, 0.29) is 6.10 Å². The summed E-state index contributed by atoms with van der Waals surface area (Å²) >= 11 is 0. The zero-order chi connectivity index (χ0) is 21.9. The van der Waals surface area contributed by atoms with Crippen LogP contribution in [0.3, 0.4) is 0 Å². The molecule has 6 heteroatoms. The van der Waals surface area contributed by atoms with E-state index >= 15 is 0 Å². The molecule has 174 valence electrons. The Hall–Kier alpha value is -1.63. The fraction of sp³-hybridized carbons (Fsp3) is 0.720. The van der Waals surface area contributed by atoms with Crippen LogP contribution in [0.2, 0.25) is 0 Å². The first-order valence-electron chi connectivity index (χ1n) is 12.3. The molecule has 2 unspecified atom stereocenters. The van der Waals surface area contributed by atoms with Crippen LogP contribution in [-0.2, 0) is 4.74 Å². The zero-order valence-electron chi connectivity index (χ0n) is 19.9. The van der Waals surface area contributed by atoms with Gasteiger partial charge in [-0.15, -0.1) is 0 Å². The lowest BCUT2D eigenvalue weighted by molar-refractivity contribution is -0.0250. The van der Waals surface area contributed by atoms with Gasteiger partial charge in [0.1, 0.15) is 0 Å². The van der Waals surface area contributed by atoms with E-state index in [1.807, 2.05) is 0 Å². The quantitative estimate of drug-likeness (QED) is 0.378. The predicted octanol–water partition coefficient (Wildman–Crippen LogP) is 3.05. The Bertz CT molecular complexity index is 662. The van der Waals surface area contributed by atoms with Crippen molar-refractivity contribution < 1.29 is 4.74 Å². The van der Waals surface area contributed by atoms with Crippen molar-refractivity contribution in [2.24, 2.45) is 10.9 Å². The Morgan fingerprint density at radius 1 is 1.10 bits per heavy atom. The van der Waals surface area contributed by atoms with Crippen molar-refractivity contribution in [1.29, 1.82) is 0 Å². The molecule has 2 fully saturated rings. The topological polar surface area (TPSA) is 52.1 Å². The summed E-state index contributed by atoms with van der Waals surface area (Å²) in [6.45, 7) is 13.7. The number of guanidine groups is 1. The third kappa shape index (κ3) is 8.09. The van der Waals surface area contributed by atoms with E-state index in [4.69, 9.17) is 9.73 Å². The number of ether oxygens (including phenoxy) is 1. The smallest absolute Gasteiger partial charge is 0.191 e. The van der Waals surface area contributed by atoms with Crippen LogP contribution in [0, 0.1) is 12.8 Å². The molecule has 0 bridgehead atoms. The van der Waals surface area contributed by atoms with E-state index < -0.39 is 0 Å². The van der Waals surface area contributed by atoms with Gasteiger partial charge in [0.25, 0.3) is 0 Å². The average Bonchev–Trinajstić information content (AvgIpc) is 3.00. The molecule has 31 heavy (non-hydrogen) atoms. The second-order valence-corrected chi connectivity index (χ2v) is 9.10. The molecular formula is C25H43N5O. The summed E-state index contributed by atoms with van der Waals surface area (Å²) in [6.07, 6.45) is 4.87. The number of nitrogens with one attached hydrogen (secondary N) is 2. The van der Waals surface area contributed by atoms with Gasteiger partial charge in [-0.3, -0.25) is 4.99 Å². The summed E-state index contributed by atoms with van der Waals surface area (Å²) in [7, 11) is 2.23. The largest absolute Gasteiger partial charge is 0.373 e. The van der Waals surface area contributed by atoms with Gasteiger partial charge in [-0.2, -0.15) is 0 Å². The third-order valence-corrected chi connectivity index (χ3v) is 6.43. The maximum absolute atomic E-state index is 6.17. The minimum Gasteiger partial charge on any atom is -0.373 e. The first-order valence-corrected chi connectivity index (χ1v) is 12.3. The number of rotatable bonds is 8. The molecule has 0 aliphatic carbocycles. The Labute approximate surface area is 189 Å². The minimum atomic E-state index is 0.155. The molecule has 1 aromatic carbocycles. The molecule has 2 atom stereocenters. The molecule has 3 rings (SSSR count). The van der Waals surface area contributed by atoms with Gasteiger partial charge >= 0.3 is 0 Å². The number of aliphatic imine (C=N–C) groups is 1. The Balaban J connectivity index is 1.47. The van der Waals surface area contributed by atoms with Crippen LogP contribution in [0.4, 0.5) is 0 Å². The number of aryl methyl sites for hydroxylation is 1. The van der Waals surface area contributed by atoms with E-state index in [2.05, 4.69) is 65.6 Å². The van der Waals surface area contributed by atoms with E-state index in [0.29, 0.717) is 5.92 Å². The second-order valence-electron chi connectivity index (χ2n) is 9.10. The summed E-state index contributed by atoms with van der Waals surface area (Å²) in [4.78, 5) is 9.97. The molecule has 2 aliphatic rings. The fourth-order valence-corrected chi connectivity index (χ4v) is 4.54. The monoisotopic (exact) mass is 429 g/mol. The van der Waals surface area contributed by atoms with Gasteiger partial charge in [0.2, 0.25) is 0 Å². The molecule has 0 radical (unpaired) electrons. The third-order valence-electron chi connectivity index (χ3n) is 6.43. The van der Waals surface area contributed by atoms with Crippen LogP contribution in [0.15, 0.2) is 29.3 Å². The van der Waals surface area contributed by atoms with Crippen molar-refractivity contribution in [3.63, 3.8) is 0 Å². The highest BCUT2D eigenvalue weighted by Crippen LogP contribution is 2.33. The number of likely N-dealkylation sites (N-methyl/N-ethyl adjacent to an activating group) is 1. The van der Waals surface area contributed by atoms with Crippen LogP contribution in [0.25, 0.3) is 0 Å². The summed E-state index contributed by atoms with van der Waals surface area (Å²) in [6, 6.07) is 8.79. The standard InChI is InChI=1S/C25H43N5O/c1-4-26-25(27-13-6-15-30-16-7-14-29(3)17-18-30)28-20-23-8-5-19-31-24(23)22-11-9-21(2)10-12-22/h9-12,23-24H,4-8,13-20H2,1-3H3,(H2,26,27,28). The van der Waals surface area contributed by atoms with Gasteiger partial charge in [-0.25, -0.2) is 0 Å².